The van der Waals surface area contributed by atoms with Gasteiger partial charge in [0.1, 0.15) is 12.5 Å². The molecule has 2 aliphatic rings. The minimum absolute atomic E-state index is 0.0123. The van der Waals surface area contributed by atoms with Crippen LogP contribution < -0.4 is 0 Å². The molecule has 2 saturated heterocycles. The Morgan fingerprint density at radius 2 is 1.67 bits per heavy atom. The van der Waals surface area contributed by atoms with Crippen molar-refractivity contribution in [3.8, 4) is 0 Å². The minimum atomic E-state index is -0.250. The van der Waals surface area contributed by atoms with Crippen LogP contribution in [0.5, 0.6) is 0 Å². The zero-order valence-corrected chi connectivity index (χ0v) is 14.5. The summed E-state index contributed by atoms with van der Waals surface area (Å²) in [5.41, 5.74) is 1.14. The lowest BCUT2D eigenvalue weighted by molar-refractivity contribution is -0.128. The van der Waals surface area contributed by atoms with Crippen LogP contribution in [0, 0.1) is 5.41 Å². The molecule has 2 aliphatic heterocycles. The molecule has 0 bridgehead atoms. The molecule has 0 aromatic heterocycles. The Balaban J connectivity index is 1.47. The van der Waals surface area contributed by atoms with E-state index in [9.17, 15) is 9.59 Å². The van der Waals surface area contributed by atoms with Gasteiger partial charge in [0, 0.05) is 26.2 Å². The molecule has 2 fully saturated rings. The number of ether oxygens (including phenoxy) is 1. The Kier molecular flexibility index (Phi) is 5.29. The van der Waals surface area contributed by atoms with Crippen molar-refractivity contribution in [2.45, 2.75) is 25.9 Å². The number of carbonyl (C=O) groups excluding carboxylic acids is 2. The van der Waals surface area contributed by atoms with Gasteiger partial charge in [0.25, 0.3) is 0 Å². The highest BCUT2D eigenvalue weighted by atomic mass is 35.5. The van der Waals surface area contributed by atoms with E-state index in [0.29, 0.717) is 19.7 Å². The van der Waals surface area contributed by atoms with Gasteiger partial charge < -0.3 is 14.5 Å². The van der Waals surface area contributed by atoms with Crippen LogP contribution in [0.1, 0.15) is 24.8 Å². The maximum absolute atomic E-state index is 12.2. The van der Waals surface area contributed by atoms with Crippen LogP contribution in [0.25, 0.3) is 0 Å². The number of nitrogens with zero attached hydrogens (tertiary/aromatic N) is 2. The summed E-state index contributed by atoms with van der Waals surface area (Å²) < 4.78 is 5.40. The molecular weight excluding hydrogens is 328 g/mol. The highest BCUT2D eigenvalue weighted by molar-refractivity contribution is 6.27. The number of benzene rings is 1. The van der Waals surface area contributed by atoms with Gasteiger partial charge in [-0.2, -0.15) is 0 Å². The second-order valence-electron chi connectivity index (χ2n) is 6.73. The summed E-state index contributed by atoms with van der Waals surface area (Å²) in [6.45, 7) is 3.24. The first-order valence-electron chi connectivity index (χ1n) is 8.41. The average molecular weight is 351 g/mol. The third-order valence-corrected chi connectivity index (χ3v) is 5.42. The first-order chi connectivity index (χ1) is 11.6. The smallest absolute Gasteiger partial charge is 0.410 e. The number of hydrogen-bond acceptors (Lipinski definition) is 3. The molecule has 0 saturated carbocycles. The Morgan fingerprint density at radius 3 is 2.29 bits per heavy atom. The molecule has 0 radical (unpaired) electrons. The molecule has 0 N–H and O–H groups in total. The summed E-state index contributed by atoms with van der Waals surface area (Å²) in [7, 11) is 0. The number of piperidine rings is 1. The van der Waals surface area contributed by atoms with Crippen LogP contribution in [0.15, 0.2) is 30.3 Å². The van der Waals surface area contributed by atoms with E-state index in [4.69, 9.17) is 16.3 Å². The van der Waals surface area contributed by atoms with Crippen molar-refractivity contribution in [2.75, 3.05) is 32.1 Å². The summed E-state index contributed by atoms with van der Waals surface area (Å²) in [4.78, 5) is 27.6. The van der Waals surface area contributed by atoms with E-state index in [1.807, 2.05) is 35.2 Å². The van der Waals surface area contributed by atoms with Crippen molar-refractivity contribution < 1.29 is 14.3 Å². The summed E-state index contributed by atoms with van der Waals surface area (Å²) in [5.74, 6) is 0.0619. The number of alkyl halides is 1. The quantitative estimate of drug-likeness (QED) is 0.788. The van der Waals surface area contributed by atoms with Crippen molar-refractivity contribution >= 4 is 23.6 Å². The van der Waals surface area contributed by atoms with Crippen LogP contribution in [0.4, 0.5) is 4.79 Å². The van der Waals surface area contributed by atoms with E-state index in [1.165, 1.54) is 0 Å². The summed E-state index contributed by atoms with van der Waals surface area (Å²) in [6.07, 6.45) is 2.59. The van der Waals surface area contributed by atoms with E-state index in [0.717, 1.165) is 37.9 Å². The van der Waals surface area contributed by atoms with Crippen LogP contribution >= 0.6 is 11.6 Å². The standard InChI is InChI=1S/C18H23ClN2O3/c19-12-16(22)21-11-8-18(14-21)6-9-20(10-7-18)17(23)24-13-15-4-2-1-3-5-15/h1-5H,6-14H2. The van der Waals surface area contributed by atoms with E-state index in [1.54, 1.807) is 4.90 Å². The van der Waals surface area contributed by atoms with E-state index >= 15 is 0 Å². The number of carbonyl (C=O) groups is 2. The SMILES string of the molecule is O=C(CCl)N1CCC2(CCN(C(=O)OCc3ccccc3)CC2)C1. The molecule has 2 heterocycles. The van der Waals surface area contributed by atoms with Crippen LogP contribution in [0.3, 0.4) is 0 Å². The van der Waals surface area contributed by atoms with Crippen molar-refractivity contribution in [1.82, 2.24) is 9.80 Å². The fraction of sp³-hybridized carbons (Fsp3) is 0.556. The molecule has 1 spiro atoms. The summed E-state index contributed by atoms with van der Waals surface area (Å²) >= 11 is 5.65. The van der Waals surface area contributed by atoms with Gasteiger partial charge in [0.05, 0.1) is 0 Å². The molecule has 1 aromatic carbocycles. The fourth-order valence-corrected chi connectivity index (χ4v) is 3.78. The van der Waals surface area contributed by atoms with Gasteiger partial charge in [-0.3, -0.25) is 4.79 Å². The van der Waals surface area contributed by atoms with Gasteiger partial charge in [-0.15, -0.1) is 11.6 Å². The zero-order valence-electron chi connectivity index (χ0n) is 13.7. The molecule has 5 nitrogen and oxygen atoms in total. The Morgan fingerprint density at radius 1 is 1.04 bits per heavy atom. The lowest BCUT2D eigenvalue weighted by Crippen LogP contribution is -2.45. The number of rotatable bonds is 3. The average Bonchev–Trinajstić information content (AvgIpc) is 3.04. The fourth-order valence-electron chi connectivity index (χ4n) is 3.61. The number of halogens is 1. The summed E-state index contributed by atoms with van der Waals surface area (Å²) in [6, 6.07) is 9.69. The predicted molar refractivity (Wildman–Crippen MR) is 91.8 cm³/mol. The number of amides is 2. The molecule has 6 heteroatoms. The van der Waals surface area contributed by atoms with Gasteiger partial charge in [-0.1, -0.05) is 30.3 Å². The Labute approximate surface area is 147 Å². The molecule has 1 aromatic rings. The second-order valence-corrected chi connectivity index (χ2v) is 6.99. The van der Waals surface area contributed by atoms with Gasteiger partial charge in [-0.25, -0.2) is 4.79 Å². The summed E-state index contributed by atoms with van der Waals surface area (Å²) in [5, 5.41) is 0. The molecule has 0 atom stereocenters. The maximum atomic E-state index is 12.2. The lowest BCUT2D eigenvalue weighted by Gasteiger charge is -2.38. The van der Waals surface area contributed by atoms with E-state index in [-0.39, 0.29) is 23.3 Å². The monoisotopic (exact) mass is 350 g/mol. The van der Waals surface area contributed by atoms with Crippen LogP contribution in [-0.4, -0.2) is 53.9 Å². The van der Waals surface area contributed by atoms with Gasteiger partial charge in [0.15, 0.2) is 0 Å². The molecule has 130 valence electrons. The van der Waals surface area contributed by atoms with Crippen LogP contribution in [-0.2, 0) is 16.1 Å². The molecule has 24 heavy (non-hydrogen) atoms. The van der Waals surface area contributed by atoms with Gasteiger partial charge in [0.2, 0.25) is 5.91 Å². The van der Waals surface area contributed by atoms with E-state index in [2.05, 4.69) is 0 Å². The topological polar surface area (TPSA) is 49.9 Å². The van der Waals surface area contributed by atoms with Crippen molar-refractivity contribution in [3.05, 3.63) is 35.9 Å². The number of likely N-dealkylation sites (tertiary alicyclic amines) is 2. The maximum Gasteiger partial charge on any atom is 0.410 e. The molecular formula is C18H23ClN2O3. The second kappa shape index (κ2) is 7.43. The van der Waals surface area contributed by atoms with Crippen LogP contribution in [0.2, 0.25) is 0 Å². The molecule has 3 rings (SSSR count). The Bertz CT molecular complexity index is 585. The highest BCUT2D eigenvalue weighted by Crippen LogP contribution is 2.40. The van der Waals surface area contributed by atoms with Gasteiger partial charge >= 0.3 is 6.09 Å². The normalized spacial score (nSPS) is 19.5. The van der Waals surface area contributed by atoms with Gasteiger partial charge in [-0.05, 0) is 30.2 Å². The predicted octanol–water partition coefficient (Wildman–Crippen LogP) is 2.88. The largest absolute Gasteiger partial charge is 0.445 e. The minimum Gasteiger partial charge on any atom is -0.445 e. The van der Waals surface area contributed by atoms with Crippen molar-refractivity contribution in [2.24, 2.45) is 5.41 Å². The highest BCUT2D eigenvalue weighted by Gasteiger charge is 2.42. The van der Waals surface area contributed by atoms with Crippen molar-refractivity contribution in [1.29, 1.82) is 0 Å². The zero-order chi connectivity index (χ0) is 17.0. The molecule has 0 unspecified atom stereocenters. The Hall–Kier alpha value is -1.75. The number of hydrogen-bond donors (Lipinski definition) is 0. The van der Waals surface area contributed by atoms with E-state index < -0.39 is 0 Å². The molecule has 0 aliphatic carbocycles. The first-order valence-corrected chi connectivity index (χ1v) is 8.95. The lowest BCUT2D eigenvalue weighted by atomic mass is 9.78. The molecule has 2 amide bonds. The third-order valence-electron chi connectivity index (χ3n) is 5.19. The third kappa shape index (κ3) is 3.83. The van der Waals surface area contributed by atoms with Crippen molar-refractivity contribution in [3.63, 3.8) is 0 Å². The first kappa shape index (κ1) is 17.1.